The Morgan fingerprint density at radius 3 is 1.74 bits per heavy atom. The minimum absolute atomic E-state index is 0.333. The lowest BCUT2D eigenvalue weighted by molar-refractivity contribution is -0.132. The number of carbonyl (C=O) groups excluding carboxylic acids is 2. The number of esters is 2. The van der Waals surface area contributed by atoms with Gasteiger partial charge in [-0.15, -0.1) is 0 Å². The van der Waals surface area contributed by atoms with Crippen molar-refractivity contribution in [2.45, 2.75) is 20.8 Å². The minimum atomic E-state index is -0.432. The summed E-state index contributed by atoms with van der Waals surface area (Å²) in [5.41, 5.74) is 3.00. The van der Waals surface area contributed by atoms with Gasteiger partial charge in [-0.05, 0) is 30.2 Å². The maximum absolute atomic E-state index is 11.1. The smallest absolute Gasteiger partial charge is 0.308 e. The molecule has 0 saturated carbocycles. The first-order valence-corrected chi connectivity index (χ1v) is 7.19. The quantitative estimate of drug-likeness (QED) is 0.486. The number of carbonyl (C=O) groups is 2. The maximum Gasteiger partial charge on any atom is 0.308 e. The van der Waals surface area contributed by atoms with E-state index in [1.807, 2.05) is 43.3 Å². The molecule has 0 aromatic heterocycles. The molecule has 0 atom stereocenters. The van der Waals surface area contributed by atoms with Crippen LogP contribution < -0.4 is 9.47 Å². The van der Waals surface area contributed by atoms with E-state index in [1.165, 1.54) is 25.5 Å². The number of rotatable bonds is 4. The molecule has 0 aliphatic rings. The molecule has 0 bridgehead atoms. The number of benzene rings is 2. The largest absolute Gasteiger partial charge is 0.427 e. The zero-order chi connectivity index (χ0) is 16.8. The summed E-state index contributed by atoms with van der Waals surface area (Å²) < 4.78 is 10.2. The van der Waals surface area contributed by atoms with Crippen LogP contribution >= 0.6 is 0 Å². The second-order valence-corrected chi connectivity index (χ2v) is 5.17. The Morgan fingerprint density at radius 2 is 1.26 bits per heavy atom. The van der Waals surface area contributed by atoms with Crippen molar-refractivity contribution in [1.82, 2.24) is 0 Å². The topological polar surface area (TPSA) is 52.6 Å². The van der Waals surface area contributed by atoms with Crippen LogP contribution in [0.5, 0.6) is 11.5 Å². The first-order valence-electron chi connectivity index (χ1n) is 7.19. The lowest BCUT2D eigenvalue weighted by atomic mass is 10.1. The average molecular weight is 310 g/mol. The van der Waals surface area contributed by atoms with E-state index in [9.17, 15) is 9.59 Å². The molecule has 0 spiro atoms. The molecule has 0 unspecified atom stereocenters. The summed E-state index contributed by atoms with van der Waals surface area (Å²) in [4.78, 5) is 22.2. The molecule has 23 heavy (non-hydrogen) atoms. The summed E-state index contributed by atoms with van der Waals surface area (Å²) >= 11 is 0. The second-order valence-electron chi connectivity index (χ2n) is 5.17. The van der Waals surface area contributed by atoms with Gasteiger partial charge in [0, 0.05) is 19.9 Å². The lowest BCUT2D eigenvalue weighted by Gasteiger charge is -2.07. The van der Waals surface area contributed by atoms with Gasteiger partial charge in [0.2, 0.25) is 0 Å². The third-order valence-electron chi connectivity index (χ3n) is 2.97. The summed E-state index contributed by atoms with van der Waals surface area (Å²) in [6.45, 7) is 4.67. The van der Waals surface area contributed by atoms with Gasteiger partial charge in [0.1, 0.15) is 11.5 Å². The molecule has 2 aromatic rings. The Hall–Kier alpha value is -2.88. The molecule has 0 aliphatic heterocycles. The first-order chi connectivity index (χ1) is 10.9. The van der Waals surface area contributed by atoms with Gasteiger partial charge >= 0.3 is 11.9 Å². The second kappa shape index (κ2) is 7.40. The molecule has 0 amide bonds. The van der Waals surface area contributed by atoms with E-state index < -0.39 is 11.9 Å². The predicted octanol–water partition coefficient (Wildman–Crippen LogP) is 4.02. The molecule has 0 radical (unpaired) electrons. The van der Waals surface area contributed by atoms with Crippen molar-refractivity contribution in [3.8, 4) is 11.5 Å². The van der Waals surface area contributed by atoms with Crippen LogP contribution in [-0.4, -0.2) is 11.9 Å². The van der Waals surface area contributed by atoms with Crippen molar-refractivity contribution in [2.24, 2.45) is 0 Å². The monoisotopic (exact) mass is 310 g/mol. The van der Waals surface area contributed by atoms with Crippen molar-refractivity contribution < 1.29 is 19.1 Å². The molecule has 2 rings (SSSR count). The highest BCUT2D eigenvalue weighted by atomic mass is 16.5. The Labute approximate surface area is 135 Å². The van der Waals surface area contributed by atoms with E-state index in [0.29, 0.717) is 11.5 Å². The Bertz CT molecular complexity index is 708. The summed E-state index contributed by atoms with van der Waals surface area (Å²) in [6.07, 6.45) is 3.80. The Balaban J connectivity index is 2.29. The van der Waals surface area contributed by atoms with Gasteiger partial charge in [0.15, 0.2) is 0 Å². The highest BCUT2D eigenvalue weighted by Crippen LogP contribution is 2.25. The third-order valence-corrected chi connectivity index (χ3v) is 2.97. The lowest BCUT2D eigenvalue weighted by Crippen LogP contribution is -2.04. The van der Waals surface area contributed by atoms with E-state index >= 15 is 0 Å². The molecule has 4 heteroatoms. The minimum Gasteiger partial charge on any atom is -0.427 e. The summed E-state index contributed by atoms with van der Waals surface area (Å²) in [7, 11) is 0. The summed E-state index contributed by atoms with van der Waals surface area (Å²) in [6, 6.07) is 13.0. The van der Waals surface area contributed by atoms with Gasteiger partial charge in [-0.1, -0.05) is 42.0 Å². The molecule has 0 heterocycles. The zero-order valence-corrected chi connectivity index (χ0v) is 13.3. The van der Waals surface area contributed by atoms with Gasteiger partial charge in [0.25, 0.3) is 0 Å². The zero-order valence-electron chi connectivity index (χ0n) is 13.3. The number of hydrogen-bond donors (Lipinski definition) is 0. The fourth-order valence-corrected chi connectivity index (χ4v) is 2.01. The van der Waals surface area contributed by atoms with Crippen molar-refractivity contribution in [3.63, 3.8) is 0 Å². The third kappa shape index (κ3) is 5.43. The van der Waals surface area contributed by atoms with Crippen LogP contribution in [0.25, 0.3) is 12.2 Å². The highest BCUT2D eigenvalue weighted by molar-refractivity contribution is 5.75. The van der Waals surface area contributed by atoms with Crippen molar-refractivity contribution >= 4 is 24.1 Å². The molecule has 0 aliphatic carbocycles. The van der Waals surface area contributed by atoms with Gasteiger partial charge in [-0.25, -0.2) is 0 Å². The standard InChI is InChI=1S/C19H18O4/c1-13-4-6-16(7-5-13)8-9-17-10-18(22-14(2)20)12-19(11-17)23-15(3)21/h4-12H,1-3H3/b9-8+. The van der Waals surface area contributed by atoms with Gasteiger partial charge in [-0.3, -0.25) is 9.59 Å². The van der Waals surface area contributed by atoms with E-state index in [1.54, 1.807) is 12.1 Å². The highest BCUT2D eigenvalue weighted by Gasteiger charge is 2.06. The van der Waals surface area contributed by atoms with Crippen molar-refractivity contribution in [3.05, 3.63) is 59.2 Å². The Morgan fingerprint density at radius 1 is 0.783 bits per heavy atom. The normalized spacial score (nSPS) is 10.6. The SMILES string of the molecule is CC(=O)Oc1cc(/C=C/c2ccc(C)cc2)cc(OC(C)=O)c1. The van der Waals surface area contributed by atoms with E-state index in [-0.39, 0.29) is 0 Å². The van der Waals surface area contributed by atoms with E-state index in [0.717, 1.165) is 11.1 Å². The van der Waals surface area contributed by atoms with Gasteiger partial charge < -0.3 is 9.47 Å². The van der Waals surface area contributed by atoms with Crippen LogP contribution in [0.4, 0.5) is 0 Å². The van der Waals surface area contributed by atoms with Crippen LogP contribution in [0, 0.1) is 6.92 Å². The van der Waals surface area contributed by atoms with Crippen LogP contribution in [0.15, 0.2) is 42.5 Å². The first kappa shape index (κ1) is 16.5. The number of aryl methyl sites for hydroxylation is 1. The maximum atomic E-state index is 11.1. The molecule has 0 N–H and O–H groups in total. The van der Waals surface area contributed by atoms with Crippen LogP contribution in [0.2, 0.25) is 0 Å². The van der Waals surface area contributed by atoms with Crippen molar-refractivity contribution in [2.75, 3.05) is 0 Å². The molecule has 2 aromatic carbocycles. The number of hydrogen-bond acceptors (Lipinski definition) is 4. The molecular formula is C19H18O4. The van der Waals surface area contributed by atoms with Crippen LogP contribution in [-0.2, 0) is 9.59 Å². The van der Waals surface area contributed by atoms with E-state index in [2.05, 4.69) is 0 Å². The predicted molar refractivity (Wildman–Crippen MR) is 89.2 cm³/mol. The fourth-order valence-electron chi connectivity index (χ4n) is 2.01. The summed E-state index contributed by atoms with van der Waals surface area (Å²) in [5.74, 6) is -0.198. The molecule has 0 fully saturated rings. The number of ether oxygens (including phenoxy) is 2. The van der Waals surface area contributed by atoms with E-state index in [4.69, 9.17) is 9.47 Å². The average Bonchev–Trinajstić information content (AvgIpc) is 2.45. The van der Waals surface area contributed by atoms with Crippen molar-refractivity contribution in [1.29, 1.82) is 0 Å². The Kier molecular flexibility index (Phi) is 5.31. The fraction of sp³-hybridized carbons (Fsp3) is 0.158. The van der Waals surface area contributed by atoms with Gasteiger partial charge in [-0.2, -0.15) is 0 Å². The van der Waals surface area contributed by atoms with Crippen LogP contribution in [0.3, 0.4) is 0 Å². The molecule has 4 nitrogen and oxygen atoms in total. The van der Waals surface area contributed by atoms with Gasteiger partial charge in [0.05, 0.1) is 0 Å². The summed E-state index contributed by atoms with van der Waals surface area (Å²) in [5, 5.41) is 0. The molecular weight excluding hydrogens is 292 g/mol. The molecule has 0 saturated heterocycles. The molecule has 118 valence electrons. The van der Waals surface area contributed by atoms with Crippen LogP contribution in [0.1, 0.15) is 30.5 Å².